The summed E-state index contributed by atoms with van der Waals surface area (Å²) >= 11 is 6.06. The van der Waals surface area contributed by atoms with E-state index in [4.69, 9.17) is 16.3 Å². The van der Waals surface area contributed by atoms with E-state index in [-0.39, 0.29) is 12.1 Å². The number of carbonyl (C=O) groups is 1. The van der Waals surface area contributed by atoms with E-state index in [1.807, 2.05) is 24.3 Å². The fourth-order valence-corrected chi connectivity index (χ4v) is 2.73. The van der Waals surface area contributed by atoms with Crippen LogP contribution < -0.4 is 10.1 Å². The number of nitrogens with zero attached hydrogens (tertiary/aromatic N) is 2. The fourth-order valence-electron chi connectivity index (χ4n) is 2.54. The van der Waals surface area contributed by atoms with Gasteiger partial charge in [0.25, 0.3) is 0 Å². The van der Waals surface area contributed by atoms with Gasteiger partial charge in [0, 0.05) is 38.3 Å². The zero-order valence-electron chi connectivity index (χ0n) is 12.6. The zero-order valence-corrected chi connectivity index (χ0v) is 13.4. The number of amides is 2. The topological polar surface area (TPSA) is 54.5 Å². The molecule has 1 aromatic carbocycles. The Bertz CT molecular complexity index is 658. The molecule has 1 aliphatic heterocycles. The van der Waals surface area contributed by atoms with Crippen molar-refractivity contribution >= 4 is 23.3 Å². The minimum Gasteiger partial charge on any atom is -0.490 e. The molecule has 1 N–H and O–H groups in total. The molecule has 2 heterocycles. The maximum atomic E-state index is 12.3. The molecule has 6 heteroatoms. The molecule has 0 bridgehead atoms. The Labute approximate surface area is 140 Å². The van der Waals surface area contributed by atoms with Crippen LogP contribution >= 0.6 is 11.6 Å². The first-order valence-corrected chi connectivity index (χ1v) is 7.97. The third-order valence-electron chi connectivity index (χ3n) is 3.80. The molecule has 0 unspecified atom stereocenters. The summed E-state index contributed by atoms with van der Waals surface area (Å²) in [4.78, 5) is 18.0. The van der Waals surface area contributed by atoms with Gasteiger partial charge in [-0.1, -0.05) is 23.7 Å². The van der Waals surface area contributed by atoms with Crippen LogP contribution in [0.5, 0.6) is 5.75 Å². The van der Waals surface area contributed by atoms with Gasteiger partial charge in [-0.3, -0.25) is 4.98 Å². The second-order valence-electron chi connectivity index (χ2n) is 5.40. The van der Waals surface area contributed by atoms with Gasteiger partial charge in [0.15, 0.2) is 0 Å². The van der Waals surface area contributed by atoms with E-state index >= 15 is 0 Å². The van der Waals surface area contributed by atoms with Gasteiger partial charge in [0.05, 0.1) is 10.7 Å². The van der Waals surface area contributed by atoms with Crippen molar-refractivity contribution in [1.82, 2.24) is 9.88 Å². The van der Waals surface area contributed by atoms with Crippen LogP contribution in [0.25, 0.3) is 0 Å². The van der Waals surface area contributed by atoms with Crippen molar-refractivity contribution in [3.8, 4) is 5.75 Å². The van der Waals surface area contributed by atoms with Gasteiger partial charge in [0.2, 0.25) is 0 Å². The molecule has 120 valence electrons. The maximum Gasteiger partial charge on any atom is 0.321 e. The Kier molecular flexibility index (Phi) is 4.98. The largest absolute Gasteiger partial charge is 0.490 e. The van der Waals surface area contributed by atoms with Crippen molar-refractivity contribution in [2.45, 2.75) is 18.9 Å². The van der Waals surface area contributed by atoms with E-state index in [1.165, 1.54) is 0 Å². The Morgan fingerprint density at radius 3 is 2.57 bits per heavy atom. The normalized spacial score (nSPS) is 15.3. The molecule has 2 amide bonds. The van der Waals surface area contributed by atoms with Gasteiger partial charge in [-0.2, -0.15) is 0 Å². The van der Waals surface area contributed by atoms with Gasteiger partial charge >= 0.3 is 6.03 Å². The number of urea groups is 1. The number of benzene rings is 1. The minimum absolute atomic E-state index is 0.125. The van der Waals surface area contributed by atoms with E-state index in [0.29, 0.717) is 23.8 Å². The summed E-state index contributed by atoms with van der Waals surface area (Å²) in [6, 6.07) is 10.8. The molecule has 1 saturated heterocycles. The van der Waals surface area contributed by atoms with Crippen LogP contribution in [0.1, 0.15) is 12.8 Å². The number of aromatic nitrogens is 1. The quantitative estimate of drug-likeness (QED) is 0.930. The highest BCUT2D eigenvalue weighted by Gasteiger charge is 2.24. The van der Waals surface area contributed by atoms with Crippen LogP contribution in [-0.2, 0) is 0 Å². The number of pyridine rings is 1. The number of hydrogen-bond acceptors (Lipinski definition) is 3. The van der Waals surface area contributed by atoms with Gasteiger partial charge in [-0.15, -0.1) is 0 Å². The third kappa shape index (κ3) is 4.13. The first-order valence-electron chi connectivity index (χ1n) is 7.59. The van der Waals surface area contributed by atoms with Gasteiger partial charge in [-0.05, 0) is 24.3 Å². The van der Waals surface area contributed by atoms with E-state index in [0.717, 1.165) is 18.6 Å². The number of rotatable bonds is 3. The lowest BCUT2D eigenvalue weighted by Gasteiger charge is -2.32. The van der Waals surface area contributed by atoms with Crippen molar-refractivity contribution < 1.29 is 9.53 Å². The summed E-state index contributed by atoms with van der Waals surface area (Å²) in [5.74, 6) is 0.818. The number of nitrogens with one attached hydrogen (secondary N) is 1. The summed E-state index contributed by atoms with van der Waals surface area (Å²) < 4.78 is 5.90. The highest BCUT2D eigenvalue weighted by atomic mass is 35.5. The third-order valence-corrected chi connectivity index (χ3v) is 4.13. The zero-order chi connectivity index (χ0) is 16.1. The number of para-hydroxylation sites is 1. The van der Waals surface area contributed by atoms with E-state index in [1.54, 1.807) is 29.4 Å². The van der Waals surface area contributed by atoms with Crippen molar-refractivity contribution in [2.75, 3.05) is 18.4 Å². The molecule has 0 radical (unpaired) electrons. The lowest BCUT2D eigenvalue weighted by Crippen LogP contribution is -2.43. The molecule has 0 atom stereocenters. The lowest BCUT2D eigenvalue weighted by molar-refractivity contribution is 0.115. The van der Waals surface area contributed by atoms with Crippen LogP contribution in [0.2, 0.25) is 5.02 Å². The molecule has 1 aromatic heterocycles. The second kappa shape index (κ2) is 7.33. The summed E-state index contributed by atoms with van der Waals surface area (Å²) in [6.07, 6.45) is 5.15. The molecule has 1 fully saturated rings. The monoisotopic (exact) mass is 331 g/mol. The van der Waals surface area contributed by atoms with Crippen LogP contribution in [0.3, 0.4) is 0 Å². The average molecular weight is 332 g/mol. The first-order chi connectivity index (χ1) is 11.2. The smallest absolute Gasteiger partial charge is 0.321 e. The SMILES string of the molecule is O=C(Nc1ccccc1Cl)N1CCC(Oc2ccncc2)CC1. The molecular formula is C17H18ClN3O2. The second-order valence-corrected chi connectivity index (χ2v) is 5.80. The molecule has 3 rings (SSSR count). The van der Waals surface area contributed by atoms with E-state index < -0.39 is 0 Å². The number of halogens is 1. The van der Waals surface area contributed by atoms with Gasteiger partial charge < -0.3 is 15.0 Å². The predicted octanol–water partition coefficient (Wildman–Crippen LogP) is 3.81. The van der Waals surface area contributed by atoms with Crippen molar-refractivity contribution in [3.63, 3.8) is 0 Å². The Hall–Kier alpha value is -2.27. The Morgan fingerprint density at radius 1 is 1.17 bits per heavy atom. The number of ether oxygens (including phenoxy) is 1. The number of anilines is 1. The van der Waals surface area contributed by atoms with E-state index in [2.05, 4.69) is 10.3 Å². The fraction of sp³-hybridized carbons (Fsp3) is 0.294. The minimum atomic E-state index is -0.125. The number of piperidine rings is 1. The molecule has 0 saturated carbocycles. The van der Waals surface area contributed by atoms with Crippen LogP contribution in [0.4, 0.5) is 10.5 Å². The lowest BCUT2D eigenvalue weighted by atomic mass is 10.1. The summed E-state index contributed by atoms with van der Waals surface area (Å²) in [5.41, 5.74) is 0.634. The average Bonchev–Trinajstić information content (AvgIpc) is 2.58. The first kappa shape index (κ1) is 15.6. The number of hydrogen-bond donors (Lipinski definition) is 1. The van der Waals surface area contributed by atoms with Gasteiger partial charge in [0.1, 0.15) is 11.9 Å². The molecule has 23 heavy (non-hydrogen) atoms. The Balaban J connectivity index is 1.50. The van der Waals surface area contributed by atoms with Crippen LogP contribution in [0.15, 0.2) is 48.8 Å². The molecule has 0 aliphatic carbocycles. The molecule has 1 aliphatic rings. The summed E-state index contributed by atoms with van der Waals surface area (Å²) in [5, 5.41) is 3.39. The summed E-state index contributed by atoms with van der Waals surface area (Å²) in [7, 11) is 0. The highest BCUT2D eigenvalue weighted by Crippen LogP contribution is 2.22. The van der Waals surface area contributed by atoms with Crippen molar-refractivity contribution in [3.05, 3.63) is 53.8 Å². The van der Waals surface area contributed by atoms with Crippen molar-refractivity contribution in [1.29, 1.82) is 0 Å². The highest BCUT2D eigenvalue weighted by molar-refractivity contribution is 6.33. The van der Waals surface area contributed by atoms with Crippen LogP contribution in [-0.4, -0.2) is 35.1 Å². The standard InChI is InChI=1S/C17H18ClN3O2/c18-15-3-1-2-4-16(15)20-17(22)21-11-7-14(8-12-21)23-13-5-9-19-10-6-13/h1-6,9-10,14H,7-8,11-12H2,(H,20,22). The Morgan fingerprint density at radius 2 is 1.87 bits per heavy atom. The molecule has 5 nitrogen and oxygen atoms in total. The predicted molar refractivity (Wildman–Crippen MR) is 89.9 cm³/mol. The van der Waals surface area contributed by atoms with E-state index in [9.17, 15) is 4.79 Å². The molecule has 2 aromatic rings. The van der Waals surface area contributed by atoms with Gasteiger partial charge in [-0.25, -0.2) is 4.79 Å². The number of carbonyl (C=O) groups excluding carboxylic acids is 1. The summed E-state index contributed by atoms with van der Waals surface area (Å²) in [6.45, 7) is 1.32. The molecule has 0 spiro atoms. The maximum absolute atomic E-state index is 12.3. The van der Waals surface area contributed by atoms with Crippen LogP contribution in [0, 0.1) is 0 Å². The number of likely N-dealkylation sites (tertiary alicyclic amines) is 1. The molecular weight excluding hydrogens is 314 g/mol. The van der Waals surface area contributed by atoms with Crippen molar-refractivity contribution in [2.24, 2.45) is 0 Å².